The van der Waals surface area contributed by atoms with E-state index < -0.39 is 53.2 Å². The molecule has 5 atom stereocenters. The number of benzene rings is 3. The lowest BCUT2D eigenvalue weighted by Crippen LogP contribution is -2.57. The Morgan fingerprint density at radius 1 is 0.962 bits per heavy atom. The maximum atomic E-state index is 14.6. The highest BCUT2D eigenvalue weighted by atomic mass is 19.4. The first-order valence-electron chi connectivity index (χ1n) is 17.9. The van der Waals surface area contributed by atoms with E-state index in [0.29, 0.717) is 30.9 Å². The first kappa shape index (κ1) is 35.8. The highest BCUT2D eigenvalue weighted by Gasteiger charge is 2.61. The van der Waals surface area contributed by atoms with E-state index >= 15 is 0 Å². The number of halogens is 3. The number of aromatic nitrogens is 1. The fourth-order valence-corrected chi connectivity index (χ4v) is 7.18. The maximum absolute atomic E-state index is 14.6. The van der Waals surface area contributed by atoms with Crippen molar-refractivity contribution in [1.82, 2.24) is 20.7 Å². The molecule has 0 radical (unpaired) electrons. The summed E-state index contributed by atoms with van der Waals surface area (Å²) in [6.07, 6.45) is 4.00. The van der Waals surface area contributed by atoms with Crippen molar-refractivity contribution < 1.29 is 37.1 Å². The minimum absolute atomic E-state index is 0.0161. The average molecular weight is 728 g/mol. The molecular formula is C40H40F3N5O5. The summed E-state index contributed by atoms with van der Waals surface area (Å²) >= 11 is 0. The lowest BCUT2D eigenvalue weighted by Gasteiger charge is -2.30. The van der Waals surface area contributed by atoms with Crippen LogP contribution in [0.5, 0.6) is 11.6 Å². The fourth-order valence-electron chi connectivity index (χ4n) is 7.18. The molecule has 3 aliphatic rings. The van der Waals surface area contributed by atoms with Crippen molar-refractivity contribution in [3.8, 4) is 11.6 Å². The summed E-state index contributed by atoms with van der Waals surface area (Å²) < 4.78 is 47.2. The number of alkyl halides is 3. The maximum Gasteiger partial charge on any atom is 0.416 e. The normalized spacial score (nSPS) is 25.5. The van der Waals surface area contributed by atoms with Crippen molar-refractivity contribution in [3.05, 3.63) is 109 Å². The molecule has 2 fully saturated rings. The van der Waals surface area contributed by atoms with Crippen LogP contribution in [-0.4, -0.2) is 57.9 Å². The predicted molar refractivity (Wildman–Crippen MR) is 192 cm³/mol. The van der Waals surface area contributed by atoms with Crippen molar-refractivity contribution in [2.24, 2.45) is 5.92 Å². The summed E-state index contributed by atoms with van der Waals surface area (Å²) in [5.74, 6) is -1.06. The van der Waals surface area contributed by atoms with Crippen LogP contribution in [0.25, 0.3) is 10.8 Å². The van der Waals surface area contributed by atoms with Crippen LogP contribution in [0.2, 0.25) is 0 Å². The molecule has 1 aromatic heterocycles. The topological polar surface area (TPSA) is 122 Å². The molecule has 4 aromatic rings. The quantitative estimate of drug-likeness (QED) is 0.145. The third-order valence-corrected chi connectivity index (χ3v) is 10.1. The number of hydroxylamine groups is 1. The van der Waals surface area contributed by atoms with E-state index in [2.05, 4.69) is 21.1 Å². The van der Waals surface area contributed by atoms with Gasteiger partial charge in [0.15, 0.2) is 5.75 Å². The van der Waals surface area contributed by atoms with Gasteiger partial charge in [0.25, 0.3) is 5.91 Å². The summed E-state index contributed by atoms with van der Waals surface area (Å²) in [5.41, 5.74) is 0.485. The lowest BCUT2D eigenvalue weighted by atomic mass is 10.0. The van der Waals surface area contributed by atoms with Gasteiger partial charge in [-0.3, -0.25) is 14.4 Å². The summed E-state index contributed by atoms with van der Waals surface area (Å²) in [4.78, 5) is 54.1. The second-order valence-electron chi connectivity index (χ2n) is 13.8. The van der Waals surface area contributed by atoms with Gasteiger partial charge in [0.2, 0.25) is 17.7 Å². The van der Waals surface area contributed by atoms with Gasteiger partial charge in [-0.15, -0.1) is 0 Å². The zero-order valence-corrected chi connectivity index (χ0v) is 28.9. The molecule has 13 heteroatoms. The number of nitrogens with zero attached hydrogens (tertiary/aromatic N) is 2. The second-order valence-corrected chi connectivity index (χ2v) is 13.8. The Hall–Kier alpha value is -5.59. The second kappa shape index (κ2) is 15.2. The van der Waals surface area contributed by atoms with Crippen LogP contribution in [0.3, 0.4) is 0 Å². The van der Waals surface area contributed by atoms with Crippen LogP contribution < -0.4 is 25.7 Å². The van der Waals surface area contributed by atoms with Crippen molar-refractivity contribution in [2.45, 2.75) is 74.8 Å². The van der Waals surface area contributed by atoms with E-state index in [1.807, 2.05) is 48.6 Å². The van der Waals surface area contributed by atoms with Crippen LogP contribution in [0.15, 0.2) is 103 Å². The summed E-state index contributed by atoms with van der Waals surface area (Å²) in [6, 6.07) is 20.9. The number of rotatable bonds is 7. The van der Waals surface area contributed by atoms with Crippen molar-refractivity contribution in [3.63, 3.8) is 0 Å². The minimum atomic E-state index is -4.57. The van der Waals surface area contributed by atoms with Crippen molar-refractivity contribution >= 4 is 34.2 Å². The third kappa shape index (κ3) is 8.08. The predicted octanol–water partition coefficient (Wildman–Crippen LogP) is 6.59. The molecule has 1 saturated heterocycles. The third-order valence-electron chi connectivity index (χ3n) is 10.1. The number of fused-ring (bicyclic) bond motifs is 3. The lowest BCUT2D eigenvalue weighted by molar-refractivity contribution is -0.141. The van der Waals surface area contributed by atoms with E-state index in [9.17, 15) is 27.6 Å². The van der Waals surface area contributed by atoms with Gasteiger partial charge in [0, 0.05) is 29.6 Å². The van der Waals surface area contributed by atoms with E-state index in [-0.39, 0.29) is 24.6 Å². The molecule has 0 bridgehead atoms. The number of pyridine rings is 1. The zero-order chi connectivity index (χ0) is 37.0. The first-order chi connectivity index (χ1) is 25.6. The monoisotopic (exact) mass is 727 g/mol. The van der Waals surface area contributed by atoms with Gasteiger partial charge >= 0.3 is 6.18 Å². The molecule has 0 unspecified atom stereocenters. The Labute approximate surface area is 304 Å². The van der Waals surface area contributed by atoms with E-state index in [4.69, 9.17) is 9.57 Å². The van der Waals surface area contributed by atoms with Crippen LogP contribution >= 0.6 is 0 Å². The van der Waals surface area contributed by atoms with Gasteiger partial charge in [0.1, 0.15) is 23.7 Å². The van der Waals surface area contributed by atoms with Crippen LogP contribution in [0.4, 0.5) is 18.9 Å². The minimum Gasteiger partial charge on any atom is -0.472 e. The molecule has 3 amide bonds. The van der Waals surface area contributed by atoms with Crippen molar-refractivity contribution in [2.75, 3.05) is 11.9 Å². The number of carbonyl (C=O) groups is 3. The van der Waals surface area contributed by atoms with Crippen LogP contribution in [0.1, 0.15) is 50.5 Å². The molecule has 1 saturated carbocycles. The van der Waals surface area contributed by atoms with Gasteiger partial charge in [0.05, 0.1) is 12.1 Å². The van der Waals surface area contributed by atoms with Gasteiger partial charge in [-0.25, -0.2) is 4.98 Å². The van der Waals surface area contributed by atoms with Crippen LogP contribution in [-0.2, 0) is 20.6 Å². The Kier molecular flexibility index (Phi) is 10.3. The molecule has 276 valence electrons. The number of allylic oxidation sites excluding steroid dienone is 1. The smallest absolute Gasteiger partial charge is 0.416 e. The number of para-hydroxylation sites is 1. The highest BCUT2D eigenvalue weighted by molar-refractivity contribution is 5.98. The van der Waals surface area contributed by atoms with E-state index in [1.165, 1.54) is 17.0 Å². The number of amides is 3. The fraction of sp³-hybridized carbons (Fsp3) is 0.350. The molecule has 7 rings (SSSR count). The highest BCUT2D eigenvalue weighted by Crippen LogP contribution is 2.45. The summed E-state index contributed by atoms with van der Waals surface area (Å²) in [6.45, 7) is 0.0161. The Morgan fingerprint density at radius 3 is 2.60 bits per heavy atom. The Bertz CT molecular complexity index is 1990. The van der Waals surface area contributed by atoms with Gasteiger partial charge < -0.3 is 25.1 Å². The largest absolute Gasteiger partial charge is 0.472 e. The standard InChI is InChI=1S/C40H40F3N5O5/c41-40(42,43)27-14-11-15-29(22-27)45-33-19-8-3-1-2-5-13-28-24-39(28,38(51)47-53-30-16-6-4-7-17-30)46-35(49)34-23-31(25-48(34)37(33)50)52-36-32-18-10-9-12-26(32)20-21-44-36/h4-7,9-18,20-22,28,31,33-34,45H,1-3,8,19,23-25H2,(H,46,49)(H,47,51)/b13-5-/t28-,31+,33-,34-,39+/m0/s1. The van der Waals surface area contributed by atoms with Gasteiger partial charge in [-0.1, -0.05) is 67.5 Å². The molecule has 0 spiro atoms. The summed E-state index contributed by atoms with van der Waals surface area (Å²) in [5, 5.41) is 7.70. The molecule has 3 aromatic carbocycles. The zero-order valence-electron chi connectivity index (χ0n) is 28.9. The summed E-state index contributed by atoms with van der Waals surface area (Å²) in [7, 11) is 0. The molecule has 3 heterocycles. The molecule has 1 aliphatic carbocycles. The number of anilines is 1. The average Bonchev–Trinajstić information content (AvgIpc) is 3.69. The van der Waals surface area contributed by atoms with Crippen LogP contribution in [0, 0.1) is 5.92 Å². The number of hydrogen-bond donors (Lipinski definition) is 3. The molecule has 2 aliphatic heterocycles. The van der Waals surface area contributed by atoms with Crippen molar-refractivity contribution in [1.29, 1.82) is 0 Å². The Balaban J connectivity index is 1.19. The number of hydrogen-bond acceptors (Lipinski definition) is 7. The van der Waals surface area contributed by atoms with Gasteiger partial charge in [-0.05, 0) is 73.5 Å². The van der Waals surface area contributed by atoms with E-state index in [1.54, 1.807) is 30.5 Å². The SMILES string of the molecule is O=C1N[C@]2(C(=O)NOc3ccccc3)C[C@@H]2/C=C\CCCCC[C@H](Nc2cccc(C(F)(F)F)c2)C(=O)N2C[C@H](Oc3nccc4ccccc34)C[C@@H]12. The Morgan fingerprint density at radius 2 is 1.77 bits per heavy atom. The number of ether oxygens (including phenoxy) is 1. The number of nitrogens with one attached hydrogen (secondary N) is 3. The molecular weight excluding hydrogens is 687 g/mol. The first-order valence-corrected chi connectivity index (χ1v) is 17.9. The molecule has 53 heavy (non-hydrogen) atoms. The van der Waals surface area contributed by atoms with Gasteiger partial charge in [-0.2, -0.15) is 18.7 Å². The van der Waals surface area contributed by atoms with E-state index in [0.717, 1.165) is 42.2 Å². The number of carbonyl (C=O) groups excluding carboxylic acids is 3. The molecule has 10 nitrogen and oxygen atoms in total. The molecule has 3 N–H and O–H groups in total.